The van der Waals surface area contributed by atoms with Crippen molar-refractivity contribution in [2.45, 2.75) is 57.4 Å². The molecule has 1 fully saturated rings. The van der Waals surface area contributed by atoms with E-state index in [1.54, 1.807) is 6.26 Å². The van der Waals surface area contributed by atoms with E-state index in [9.17, 15) is 0 Å². The second kappa shape index (κ2) is 6.09. The third-order valence-corrected chi connectivity index (χ3v) is 3.71. The van der Waals surface area contributed by atoms with Crippen molar-refractivity contribution in [3.8, 4) is 0 Å². The fraction of sp³-hybridized carbons (Fsp3) is 0.714. The second-order valence-electron chi connectivity index (χ2n) is 5.12. The van der Waals surface area contributed by atoms with Crippen LogP contribution in [0, 0.1) is 5.92 Å². The molecule has 2 N–H and O–H groups in total. The van der Waals surface area contributed by atoms with Crippen LogP contribution >= 0.6 is 0 Å². The molecule has 0 saturated heterocycles. The SMILES string of the molecule is NC(CCC1CCCCC1)Cc1ccco1. The number of rotatable bonds is 5. The Morgan fingerprint density at radius 3 is 2.81 bits per heavy atom. The molecule has 2 rings (SSSR count). The summed E-state index contributed by atoms with van der Waals surface area (Å²) >= 11 is 0. The molecular formula is C14H23NO. The molecule has 0 amide bonds. The van der Waals surface area contributed by atoms with Gasteiger partial charge < -0.3 is 10.2 Å². The molecule has 2 heteroatoms. The standard InChI is InChI=1S/C14H23NO/c15-13(11-14-7-4-10-16-14)9-8-12-5-2-1-3-6-12/h4,7,10,12-13H,1-3,5-6,8-9,11,15H2. The normalized spacial score (nSPS) is 19.8. The van der Waals surface area contributed by atoms with Gasteiger partial charge in [0, 0.05) is 12.5 Å². The lowest BCUT2D eigenvalue weighted by Gasteiger charge is -2.22. The molecule has 1 aliphatic carbocycles. The van der Waals surface area contributed by atoms with Gasteiger partial charge in [0.15, 0.2) is 0 Å². The molecule has 1 aromatic heterocycles. The van der Waals surface area contributed by atoms with Crippen LogP contribution in [0.15, 0.2) is 22.8 Å². The number of furan rings is 1. The summed E-state index contributed by atoms with van der Waals surface area (Å²) in [4.78, 5) is 0. The summed E-state index contributed by atoms with van der Waals surface area (Å²) in [6.45, 7) is 0. The van der Waals surface area contributed by atoms with E-state index in [1.165, 1.54) is 38.5 Å². The molecule has 1 aliphatic rings. The van der Waals surface area contributed by atoms with Crippen molar-refractivity contribution < 1.29 is 4.42 Å². The molecule has 0 aliphatic heterocycles. The van der Waals surface area contributed by atoms with Crippen molar-refractivity contribution in [3.63, 3.8) is 0 Å². The van der Waals surface area contributed by atoms with Gasteiger partial charge in [0.2, 0.25) is 0 Å². The molecule has 0 spiro atoms. The van der Waals surface area contributed by atoms with Crippen LogP contribution in [-0.4, -0.2) is 6.04 Å². The summed E-state index contributed by atoms with van der Waals surface area (Å²) in [5.41, 5.74) is 6.12. The van der Waals surface area contributed by atoms with Gasteiger partial charge >= 0.3 is 0 Å². The minimum Gasteiger partial charge on any atom is -0.469 e. The van der Waals surface area contributed by atoms with Crippen LogP contribution in [0.5, 0.6) is 0 Å². The fourth-order valence-corrected chi connectivity index (χ4v) is 2.71. The Kier molecular flexibility index (Phi) is 4.46. The zero-order valence-corrected chi connectivity index (χ0v) is 10.0. The summed E-state index contributed by atoms with van der Waals surface area (Å²) in [5, 5.41) is 0. The first kappa shape index (κ1) is 11.7. The van der Waals surface area contributed by atoms with Gasteiger partial charge in [-0.2, -0.15) is 0 Å². The summed E-state index contributed by atoms with van der Waals surface area (Å²) in [6.07, 6.45) is 12.2. The molecule has 16 heavy (non-hydrogen) atoms. The van der Waals surface area contributed by atoms with Gasteiger partial charge in [-0.15, -0.1) is 0 Å². The van der Waals surface area contributed by atoms with Crippen molar-refractivity contribution >= 4 is 0 Å². The first-order chi connectivity index (χ1) is 7.84. The number of nitrogens with two attached hydrogens (primary N) is 1. The maximum Gasteiger partial charge on any atom is 0.105 e. The van der Waals surface area contributed by atoms with Gasteiger partial charge in [-0.3, -0.25) is 0 Å². The second-order valence-corrected chi connectivity index (χ2v) is 5.12. The summed E-state index contributed by atoms with van der Waals surface area (Å²) in [6, 6.07) is 4.22. The van der Waals surface area contributed by atoms with Crippen LogP contribution in [0.3, 0.4) is 0 Å². The lowest BCUT2D eigenvalue weighted by Crippen LogP contribution is -2.23. The molecule has 0 bridgehead atoms. The van der Waals surface area contributed by atoms with E-state index >= 15 is 0 Å². The Labute approximate surface area is 98.2 Å². The predicted octanol–water partition coefficient (Wildman–Crippen LogP) is 3.51. The van der Waals surface area contributed by atoms with Crippen molar-refractivity contribution in [1.82, 2.24) is 0 Å². The van der Waals surface area contributed by atoms with E-state index < -0.39 is 0 Å². The van der Waals surface area contributed by atoms with E-state index in [1.807, 2.05) is 12.1 Å². The van der Waals surface area contributed by atoms with Crippen LogP contribution in [-0.2, 0) is 6.42 Å². The minimum atomic E-state index is 0.271. The predicted molar refractivity (Wildman–Crippen MR) is 66.2 cm³/mol. The summed E-state index contributed by atoms with van der Waals surface area (Å²) < 4.78 is 5.32. The molecule has 1 aromatic rings. The number of hydrogen-bond donors (Lipinski definition) is 1. The van der Waals surface area contributed by atoms with E-state index in [2.05, 4.69) is 0 Å². The zero-order valence-electron chi connectivity index (χ0n) is 10.0. The van der Waals surface area contributed by atoms with Crippen LogP contribution in [0.2, 0.25) is 0 Å². The third kappa shape index (κ3) is 3.67. The first-order valence-corrected chi connectivity index (χ1v) is 6.62. The highest BCUT2D eigenvalue weighted by molar-refractivity contribution is 5.00. The molecule has 1 atom stereocenters. The number of hydrogen-bond acceptors (Lipinski definition) is 2. The van der Waals surface area contributed by atoms with Crippen LogP contribution < -0.4 is 5.73 Å². The van der Waals surface area contributed by atoms with E-state index in [0.29, 0.717) is 0 Å². The van der Waals surface area contributed by atoms with Crippen molar-refractivity contribution in [3.05, 3.63) is 24.2 Å². The average molecular weight is 221 g/mol. The quantitative estimate of drug-likeness (QED) is 0.826. The highest BCUT2D eigenvalue weighted by atomic mass is 16.3. The smallest absolute Gasteiger partial charge is 0.105 e. The Bertz CT molecular complexity index is 275. The van der Waals surface area contributed by atoms with Gasteiger partial charge in [-0.1, -0.05) is 32.1 Å². The lowest BCUT2D eigenvalue weighted by molar-refractivity contribution is 0.320. The average Bonchev–Trinajstić information content (AvgIpc) is 2.81. The topological polar surface area (TPSA) is 39.2 Å². The van der Waals surface area contributed by atoms with Gasteiger partial charge in [0.05, 0.1) is 6.26 Å². The summed E-state index contributed by atoms with van der Waals surface area (Å²) in [5.74, 6) is 1.97. The monoisotopic (exact) mass is 221 g/mol. The van der Waals surface area contributed by atoms with Gasteiger partial charge in [-0.25, -0.2) is 0 Å². The van der Waals surface area contributed by atoms with Crippen molar-refractivity contribution in [2.24, 2.45) is 11.7 Å². The largest absolute Gasteiger partial charge is 0.469 e. The lowest BCUT2D eigenvalue weighted by atomic mass is 9.85. The Morgan fingerprint density at radius 2 is 2.12 bits per heavy atom. The van der Waals surface area contributed by atoms with E-state index in [-0.39, 0.29) is 6.04 Å². The van der Waals surface area contributed by atoms with E-state index in [4.69, 9.17) is 10.2 Å². The Morgan fingerprint density at radius 1 is 1.31 bits per heavy atom. The highest BCUT2D eigenvalue weighted by Crippen LogP contribution is 2.27. The third-order valence-electron chi connectivity index (χ3n) is 3.71. The molecular weight excluding hydrogens is 198 g/mol. The highest BCUT2D eigenvalue weighted by Gasteiger charge is 2.15. The molecule has 90 valence electrons. The minimum absolute atomic E-state index is 0.271. The van der Waals surface area contributed by atoms with Crippen LogP contribution in [0.1, 0.15) is 50.7 Å². The molecule has 1 heterocycles. The van der Waals surface area contributed by atoms with Crippen molar-refractivity contribution in [2.75, 3.05) is 0 Å². The maximum absolute atomic E-state index is 6.12. The van der Waals surface area contributed by atoms with E-state index in [0.717, 1.165) is 24.5 Å². The van der Waals surface area contributed by atoms with Crippen molar-refractivity contribution in [1.29, 1.82) is 0 Å². The first-order valence-electron chi connectivity index (χ1n) is 6.62. The zero-order chi connectivity index (χ0) is 11.2. The van der Waals surface area contributed by atoms with Gasteiger partial charge in [0.25, 0.3) is 0 Å². The van der Waals surface area contributed by atoms with Crippen LogP contribution in [0.25, 0.3) is 0 Å². The van der Waals surface area contributed by atoms with Crippen LogP contribution in [0.4, 0.5) is 0 Å². The summed E-state index contributed by atoms with van der Waals surface area (Å²) in [7, 11) is 0. The Balaban J connectivity index is 1.65. The molecule has 0 aromatic carbocycles. The fourth-order valence-electron chi connectivity index (χ4n) is 2.71. The Hall–Kier alpha value is -0.760. The molecule has 1 unspecified atom stereocenters. The van der Waals surface area contributed by atoms with Gasteiger partial charge in [-0.05, 0) is 30.9 Å². The van der Waals surface area contributed by atoms with Gasteiger partial charge in [0.1, 0.15) is 5.76 Å². The molecule has 1 saturated carbocycles. The molecule has 2 nitrogen and oxygen atoms in total. The molecule has 0 radical (unpaired) electrons. The maximum atomic E-state index is 6.12.